The fourth-order valence-electron chi connectivity index (χ4n) is 2.63. The monoisotopic (exact) mass is 398 g/mol. The fourth-order valence-corrected chi connectivity index (χ4v) is 2.93. The van der Waals surface area contributed by atoms with Crippen molar-refractivity contribution in [2.24, 2.45) is 5.10 Å². The molecule has 1 amide bonds. The van der Waals surface area contributed by atoms with Gasteiger partial charge in [0.25, 0.3) is 5.91 Å². The van der Waals surface area contributed by atoms with Crippen LogP contribution in [0.1, 0.15) is 16.7 Å². The van der Waals surface area contributed by atoms with E-state index in [9.17, 15) is 9.90 Å². The number of nitrogens with zero attached hydrogens (tertiary/aromatic N) is 1. The Labute approximate surface area is 167 Å². The van der Waals surface area contributed by atoms with Gasteiger partial charge in [0.15, 0.2) is 5.60 Å². The molecule has 3 aromatic rings. The Morgan fingerprint density at radius 1 is 0.889 bits per heavy atom. The largest absolute Gasteiger partial charge is 0.372 e. The molecular formula is C21H16Cl2N2O2. The summed E-state index contributed by atoms with van der Waals surface area (Å²) in [7, 11) is 0. The maximum Gasteiger partial charge on any atom is 0.281 e. The summed E-state index contributed by atoms with van der Waals surface area (Å²) in [5, 5.41) is 16.0. The van der Waals surface area contributed by atoms with Crippen molar-refractivity contribution >= 4 is 35.3 Å². The van der Waals surface area contributed by atoms with E-state index in [-0.39, 0.29) is 0 Å². The summed E-state index contributed by atoms with van der Waals surface area (Å²) >= 11 is 11.8. The van der Waals surface area contributed by atoms with Crippen molar-refractivity contribution < 1.29 is 9.90 Å². The van der Waals surface area contributed by atoms with Crippen LogP contribution in [0.25, 0.3) is 0 Å². The molecule has 0 atom stereocenters. The van der Waals surface area contributed by atoms with Crippen molar-refractivity contribution in [2.75, 3.05) is 0 Å². The molecule has 3 rings (SSSR count). The first-order valence-electron chi connectivity index (χ1n) is 8.14. The lowest BCUT2D eigenvalue weighted by molar-refractivity contribution is -0.136. The number of halogens is 2. The number of rotatable bonds is 5. The molecule has 6 heteroatoms. The number of hydrogen-bond donors (Lipinski definition) is 2. The van der Waals surface area contributed by atoms with E-state index in [4.69, 9.17) is 23.2 Å². The van der Waals surface area contributed by atoms with Crippen LogP contribution < -0.4 is 5.43 Å². The van der Waals surface area contributed by atoms with Crippen LogP contribution in [-0.2, 0) is 10.4 Å². The molecule has 3 aromatic carbocycles. The van der Waals surface area contributed by atoms with Crippen LogP contribution in [-0.4, -0.2) is 17.2 Å². The van der Waals surface area contributed by atoms with Gasteiger partial charge >= 0.3 is 0 Å². The van der Waals surface area contributed by atoms with Crippen molar-refractivity contribution in [1.29, 1.82) is 0 Å². The molecule has 0 saturated heterocycles. The lowest BCUT2D eigenvalue weighted by atomic mass is 9.85. The number of carbonyl (C=O) groups is 1. The first-order chi connectivity index (χ1) is 13.0. The predicted molar refractivity (Wildman–Crippen MR) is 108 cm³/mol. The van der Waals surface area contributed by atoms with Gasteiger partial charge in [0, 0.05) is 0 Å². The van der Waals surface area contributed by atoms with Crippen LogP contribution in [0.4, 0.5) is 0 Å². The van der Waals surface area contributed by atoms with Crippen LogP contribution in [0.3, 0.4) is 0 Å². The molecule has 0 aliphatic heterocycles. The van der Waals surface area contributed by atoms with E-state index in [1.54, 1.807) is 66.7 Å². The minimum Gasteiger partial charge on any atom is -0.372 e. The van der Waals surface area contributed by atoms with E-state index in [0.29, 0.717) is 26.7 Å². The minimum atomic E-state index is -1.88. The Hall–Kier alpha value is -2.66. The highest BCUT2D eigenvalue weighted by Gasteiger charge is 2.39. The third-order valence-corrected chi connectivity index (χ3v) is 4.77. The summed E-state index contributed by atoms with van der Waals surface area (Å²) in [6.07, 6.45) is 1.43. The van der Waals surface area contributed by atoms with Gasteiger partial charge in [-0.1, -0.05) is 89.9 Å². The second-order valence-electron chi connectivity index (χ2n) is 5.82. The number of aliphatic hydroxyl groups is 1. The van der Waals surface area contributed by atoms with Crippen LogP contribution in [0.15, 0.2) is 84.0 Å². The summed E-state index contributed by atoms with van der Waals surface area (Å²) in [4.78, 5) is 12.9. The summed E-state index contributed by atoms with van der Waals surface area (Å²) in [5.41, 5.74) is 2.08. The second-order valence-corrected chi connectivity index (χ2v) is 6.63. The van der Waals surface area contributed by atoms with Gasteiger partial charge in [-0.25, -0.2) is 5.43 Å². The van der Waals surface area contributed by atoms with Gasteiger partial charge < -0.3 is 5.11 Å². The highest BCUT2D eigenvalue weighted by atomic mass is 35.5. The first-order valence-corrected chi connectivity index (χ1v) is 8.89. The normalized spacial score (nSPS) is 11.5. The Balaban J connectivity index is 1.88. The quantitative estimate of drug-likeness (QED) is 0.494. The molecule has 2 N–H and O–H groups in total. The number of amides is 1. The van der Waals surface area contributed by atoms with Gasteiger partial charge in [-0.05, 0) is 28.8 Å². The van der Waals surface area contributed by atoms with Crippen LogP contribution in [0, 0.1) is 0 Å². The van der Waals surface area contributed by atoms with E-state index in [1.807, 2.05) is 12.1 Å². The molecule has 0 unspecified atom stereocenters. The molecule has 0 bridgehead atoms. The van der Waals surface area contributed by atoms with Gasteiger partial charge in [0.2, 0.25) is 0 Å². The SMILES string of the molecule is O=C(N/N=C/c1ccc(Cl)c(Cl)c1)C(O)(c1ccccc1)c1ccccc1. The van der Waals surface area contributed by atoms with Crippen molar-refractivity contribution in [3.8, 4) is 0 Å². The molecule has 0 aliphatic carbocycles. The summed E-state index contributed by atoms with van der Waals surface area (Å²) in [5.74, 6) is -0.670. The molecule has 4 nitrogen and oxygen atoms in total. The number of nitrogens with one attached hydrogen (secondary N) is 1. The number of hydrogen-bond acceptors (Lipinski definition) is 3. The topological polar surface area (TPSA) is 61.7 Å². The van der Waals surface area contributed by atoms with Gasteiger partial charge in [-0.15, -0.1) is 0 Å². The van der Waals surface area contributed by atoms with E-state index < -0.39 is 11.5 Å². The third kappa shape index (κ3) is 4.19. The number of carbonyl (C=O) groups excluding carboxylic acids is 1. The Kier molecular flexibility index (Phi) is 5.91. The summed E-state index contributed by atoms with van der Waals surface area (Å²) in [6, 6.07) is 22.4. The average Bonchev–Trinajstić information content (AvgIpc) is 2.71. The minimum absolute atomic E-state index is 0.386. The van der Waals surface area contributed by atoms with Crippen LogP contribution in [0.5, 0.6) is 0 Å². The molecule has 0 aliphatic rings. The predicted octanol–water partition coefficient (Wildman–Crippen LogP) is 4.38. The average molecular weight is 399 g/mol. The fraction of sp³-hybridized carbons (Fsp3) is 0.0476. The maximum atomic E-state index is 12.9. The van der Waals surface area contributed by atoms with Crippen LogP contribution >= 0.6 is 23.2 Å². The Morgan fingerprint density at radius 2 is 1.44 bits per heavy atom. The van der Waals surface area contributed by atoms with Crippen molar-refractivity contribution in [1.82, 2.24) is 5.43 Å². The van der Waals surface area contributed by atoms with E-state index >= 15 is 0 Å². The Bertz CT molecular complexity index is 921. The highest BCUT2D eigenvalue weighted by molar-refractivity contribution is 6.42. The van der Waals surface area contributed by atoms with Crippen molar-refractivity contribution in [2.45, 2.75) is 5.60 Å². The first kappa shape index (κ1) is 19.1. The number of benzene rings is 3. The molecular weight excluding hydrogens is 383 g/mol. The van der Waals surface area contributed by atoms with E-state index in [0.717, 1.165) is 0 Å². The summed E-state index contributed by atoms with van der Waals surface area (Å²) < 4.78 is 0. The van der Waals surface area contributed by atoms with Gasteiger partial charge in [-0.3, -0.25) is 4.79 Å². The van der Waals surface area contributed by atoms with E-state index in [1.165, 1.54) is 6.21 Å². The zero-order chi connectivity index (χ0) is 19.3. The summed E-state index contributed by atoms with van der Waals surface area (Å²) in [6.45, 7) is 0. The molecule has 0 fully saturated rings. The molecule has 0 spiro atoms. The molecule has 27 heavy (non-hydrogen) atoms. The molecule has 0 aromatic heterocycles. The maximum absolute atomic E-state index is 12.9. The van der Waals surface area contributed by atoms with Gasteiger partial charge in [0.05, 0.1) is 16.3 Å². The van der Waals surface area contributed by atoms with Crippen molar-refractivity contribution in [3.05, 3.63) is 106 Å². The zero-order valence-electron chi connectivity index (χ0n) is 14.1. The molecule has 0 radical (unpaired) electrons. The van der Waals surface area contributed by atoms with Crippen molar-refractivity contribution in [3.63, 3.8) is 0 Å². The van der Waals surface area contributed by atoms with Gasteiger partial charge in [0.1, 0.15) is 0 Å². The second kappa shape index (κ2) is 8.35. The molecule has 0 heterocycles. The number of hydrazone groups is 1. The smallest absolute Gasteiger partial charge is 0.281 e. The standard InChI is InChI=1S/C21H16Cl2N2O2/c22-18-12-11-15(13-19(18)23)14-24-25-20(26)21(27,16-7-3-1-4-8-16)17-9-5-2-6-10-17/h1-14,27H,(H,25,26)/b24-14+. The molecule has 0 saturated carbocycles. The lowest BCUT2D eigenvalue weighted by Gasteiger charge is -2.27. The zero-order valence-corrected chi connectivity index (χ0v) is 15.7. The highest BCUT2D eigenvalue weighted by Crippen LogP contribution is 2.29. The van der Waals surface area contributed by atoms with Crippen LogP contribution in [0.2, 0.25) is 10.0 Å². The van der Waals surface area contributed by atoms with E-state index in [2.05, 4.69) is 10.5 Å². The third-order valence-electron chi connectivity index (χ3n) is 4.04. The lowest BCUT2D eigenvalue weighted by Crippen LogP contribution is -2.43. The Morgan fingerprint density at radius 3 is 1.96 bits per heavy atom. The molecule has 136 valence electrons. The van der Waals surface area contributed by atoms with Gasteiger partial charge in [-0.2, -0.15) is 5.10 Å².